The van der Waals surface area contributed by atoms with Crippen molar-refractivity contribution in [2.24, 2.45) is 0 Å². The van der Waals surface area contributed by atoms with Gasteiger partial charge in [-0.2, -0.15) is 0 Å². The molecule has 4 rings (SSSR count). The predicted molar refractivity (Wildman–Crippen MR) is 125 cm³/mol. The Morgan fingerprint density at radius 3 is 2.45 bits per heavy atom. The molecule has 0 spiro atoms. The Labute approximate surface area is 185 Å². The van der Waals surface area contributed by atoms with Crippen LogP contribution in [0.3, 0.4) is 0 Å². The van der Waals surface area contributed by atoms with E-state index in [2.05, 4.69) is 43.3 Å². The van der Waals surface area contributed by atoms with E-state index in [9.17, 15) is 5.11 Å². The number of phenols is 1. The van der Waals surface area contributed by atoms with Crippen LogP contribution in [0, 0.1) is 0 Å². The van der Waals surface area contributed by atoms with E-state index >= 15 is 0 Å². The lowest BCUT2D eigenvalue weighted by Crippen LogP contribution is -2.13. The van der Waals surface area contributed by atoms with E-state index in [1.165, 1.54) is 11.1 Å². The van der Waals surface area contributed by atoms with Crippen molar-refractivity contribution in [3.8, 4) is 17.2 Å². The van der Waals surface area contributed by atoms with Crippen LogP contribution in [0.15, 0.2) is 66.7 Å². The Hall–Kier alpha value is -2.94. The molecule has 1 heterocycles. The molecule has 31 heavy (non-hydrogen) atoms. The van der Waals surface area contributed by atoms with E-state index < -0.39 is 0 Å². The fourth-order valence-corrected chi connectivity index (χ4v) is 4.39. The summed E-state index contributed by atoms with van der Waals surface area (Å²) >= 11 is 0. The second-order valence-electron chi connectivity index (χ2n) is 8.32. The van der Waals surface area contributed by atoms with Crippen LogP contribution < -0.4 is 9.47 Å². The van der Waals surface area contributed by atoms with Crippen LogP contribution in [-0.4, -0.2) is 17.8 Å². The van der Waals surface area contributed by atoms with Gasteiger partial charge in [0.1, 0.15) is 23.4 Å². The number of fused-ring (bicyclic) bond motifs is 1. The largest absolute Gasteiger partial charge is 0.507 e. The molecule has 0 fully saturated rings. The Kier molecular flexibility index (Phi) is 7.14. The fourth-order valence-electron chi connectivity index (χ4n) is 4.39. The van der Waals surface area contributed by atoms with E-state index in [1.807, 2.05) is 30.3 Å². The average Bonchev–Trinajstić information content (AvgIpc) is 3.22. The number of ether oxygens (including phenoxy) is 2. The molecular formula is C28H32O3. The van der Waals surface area contributed by atoms with Crippen LogP contribution in [0.25, 0.3) is 0 Å². The lowest BCUT2D eigenvalue weighted by molar-refractivity contribution is 0.221. The molecular weight excluding hydrogens is 384 g/mol. The first-order valence-corrected chi connectivity index (χ1v) is 11.5. The monoisotopic (exact) mass is 416 g/mol. The highest BCUT2D eigenvalue weighted by molar-refractivity contribution is 5.55. The van der Waals surface area contributed by atoms with Gasteiger partial charge < -0.3 is 14.6 Å². The Morgan fingerprint density at radius 2 is 1.71 bits per heavy atom. The molecule has 1 aliphatic rings. The first-order valence-electron chi connectivity index (χ1n) is 11.5. The van der Waals surface area contributed by atoms with Gasteiger partial charge in [0.25, 0.3) is 0 Å². The van der Waals surface area contributed by atoms with Gasteiger partial charge in [-0.05, 0) is 61.4 Å². The highest BCUT2D eigenvalue weighted by Crippen LogP contribution is 2.41. The number of hydrogen-bond donors (Lipinski definition) is 1. The zero-order valence-corrected chi connectivity index (χ0v) is 18.3. The van der Waals surface area contributed by atoms with Crippen LogP contribution in [0.2, 0.25) is 0 Å². The molecule has 3 nitrogen and oxygen atoms in total. The van der Waals surface area contributed by atoms with E-state index in [0.717, 1.165) is 67.6 Å². The minimum Gasteiger partial charge on any atom is -0.507 e. The van der Waals surface area contributed by atoms with Crippen molar-refractivity contribution in [2.75, 3.05) is 6.61 Å². The molecule has 162 valence electrons. The van der Waals surface area contributed by atoms with Gasteiger partial charge in [0.2, 0.25) is 0 Å². The molecule has 3 aromatic carbocycles. The number of benzene rings is 3. The van der Waals surface area contributed by atoms with Gasteiger partial charge in [0.15, 0.2) is 0 Å². The zero-order valence-electron chi connectivity index (χ0n) is 18.3. The average molecular weight is 417 g/mol. The minimum absolute atomic E-state index is 0.182. The van der Waals surface area contributed by atoms with Crippen molar-refractivity contribution in [2.45, 2.75) is 58.0 Å². The first-order chi connectivity index (χ1) is 15.2. The SMILES string of the molecule is CCCc1c(O)c(CCCOc2ccccc2)cc2c1CC(CCc1ccccc1)O2. The summed E-state index contributed by atoms with van der Waals surface area (Å²) < 4.78 is 12.2. The highest BCUT2D eigenvalue weighted by Gasteiger charge is 2.28. The number of aromatic hydroxyl groups is 1. The quantitative estimate of drug-likeness (QED) is 0.395. The van der Waals surface area contributed by atoms with Gasteiger partial charge >= 0.3 is 0 Å². The normalized spacial score (nSPS) is 14.8. The Bertz CT molecular complexity index is 966. The van der Waals surface area contributed by atoms with Gasteiger partial charge in [-0.3, -0.25) is 0 Å². The first kappa shape index (κ1) is 21.3. The molecule has 1 N–H and O–H groups in total. The second kappa shape index (κ2) is 10.4. The van der Waals surface area contributed by atoms with E-state index in [0.29, 0.717) is 12.4 Å². The molecule has 0 bridgehead atoms. The summed E-state index contributed by atoms with van der Waals surface area (Å²) in [6.07, 6.45) is 6.60. The van der Waals surface area contributed by atoms with Crippen LogP contribution in [0.5, 0.6) is 17.2 Å². The zero-order chi connectivity index (χ0) is 21.5. The molecule has 1 unspecified atom stereocenters. The molecule has 0 saturated carbocycles. The van der Waals surface area contributed by atoms with E-state index in [-0.39, 0.29) is 6.10 Å². The van der Waals surface area contributed by atoms with Gasteiger partial charge in [-0.15, -0.1) is 0 Å². The minimum atomic E-state index is 0.182. The van der Waals surface area contributed by atoms with Gasteiger partial charge in [0, 0.05) is 17.5 Å². The molecule has 1 atom stereocenters. The maximum atomic E-state index is 11.0. The van der Waals surface area contributed by atoms with Crippen molar-refractivity contribution < 1.29 is 14.6 Å². The molecule has 1 aliphatic heterocycles. The van der Waals surface area contributed by atoms with Crippen molar-refractivity contribution in [1.29, 1.82) is 0 Å². The maximum Gasteiger partial charge on any atom is 0.123 e. The van der Waals surface area contributed by atoms with E-state index in [1.54, 1.807) is 0 Å². The third-order valence-electron chi connectivity index (χ3n) is 5.98. The fraction of sp³-hybridized carbons (Fsp3) is 0.357. The summed E-state index contributed by atoms with van der Waals surface area (Å²) in [6.45, 7) is 2.79. The molecule has 0 amide bonds. The second-order valence-corrected chi connectivity index (χ2v) is 8.32. The number of aryl methyl sites for hydroxylation is 2. The molecule has 0 radical (unpaired) electrons. The summed E-state index contributed by atoms with van der Waals surface area (Å²) in [7, 11) is 0. The summed E-state index contributed by atoms with van der Waals surface area (Å²) in [6, 6.07) is 22.5. The van der Waals surface area contributed by atoms with Crippen molar-refractivity contribution in [3.63, 3.8) is 0 Å². The van der Waals surface area contributed by atoms with E-state index in [4.69, 9.17) is 9.47 Å². The topological polar surface area (TPSA) is 38.7 Å². The third-order valence-corrected chi connectivity index (χ3v) is 5.98. The standard InChI is InChI=1S/C28H32O3/c1-2-10-25-26-20-24(17-16-21-11-5-3-6-12-21)31-27(26)19-22(28(25)29)13-9-18-30-23-14-7-4-8-15-23/h3-8,11-12,14-15,19,24,29H,2,9-10,13,16-18,20H2,1H3. The van der Waals surface area contributed by atoms with Crippen LogP contribution in [0.4, 0.5) is 0 Å². The summed E-state index contributed by atoms with van der Waals surface area (Å²) in [5.41, 5.74) is 4.61. The number of phenolic OH excluding ortho intramolecular Hbond substituents is 1. The maximum absolute atomic E-state index is 11.0. The number of rotatable bonds is 10. The molecule has 3 heteroatoms. The molecule has 0 aliphatic carbocycles. The van der Waals surface area contributed by atoms with Gasteiger partial charge in [-0.1, -0.05) is 61.9 Å². The predicted octanol–water partition coefficient (Wildman–Crippen LogP) is 6.29. The van der Waals surface area contributed by atoms with Crippen LogP contribution >= 0.6 is 0 Å². The lowest BCUT2D eigenvalue weighted by atomic mass is 9.93. The highest BCUT2D eigenvalue weighted by atomic mass is 16.5. The lowest BCUT2D eigenvalue weighted by Gasteiger charge is -2.14. The number of hydrogen-bond acceptors (Lipinski definition) is 3. The van der Waals surface area contributed by atoms with Crippen molar-refractivity contribution in [1.82, 2.24) is 0 Å². The van der Waals surface area contributed by atoms with Gasteiger partial charge in [0.05, 0.1) is 6.61 Å². The smallest absolute Gasteiger partial charge is 0.123 e. The Morgan fingerprint density at radius 1 is 0.968 bits per heavy atom. The summed E-state index contributed by atoms with van der Waals surface area (Å²) in [5.74, 6) is 2.32. The molecule has 0 saturated heterocycles. The number of para-hydroxylation sites is 1. The van der Waals surface area contributed by atoms with Crippen molar-refractivity contribution in [3.05, 3.63) is 89.0 Å². The van der Waals surface area contributed by atoms with Crippen molar-refractivity contribution >= 4 is 0 Å². The molecule has 0 aromatic heterocycles. The van der Waals surface area contributed by atoms with Crippen LogP contribution in [-0.2, 0) is 25.7 Å². The van der Waals surface area contributed by atoms with Crippen LogP contribution in [0.1, 0.15) is 48.4 Å². The molecule has 3 aromatic rings. The third kappa shape index (κ3) is 5.41. The summed E-state index contributed by atoms with van der Waals surface area (Å²) in [4.78, 5) is 0. The summed E-state index contributed by atoms with van der Waals surface area (Å²) in [5, 5.41) is 11.0. The Balaban J connectivity index is 1.40. The van der Waals surface area contributed by atoms with Gasteiger partial charge in [-0.25, -0.2) is 0 Å².